The predicted molar refractivity (Wildman–Crippen MR) is 102 cm³/mol. The second-order valence-electron chi connectivity index (χ2n) is 5.54. The van der Waals surface area contributed by atoms with Gasteiger partial charge in [0.25, 0.3) is 0 Å². The zero-order valence-corrected chi connectivity index (χ0v) is 16.0. The van der Waals surface area contributed by atoms with Crippen LogP contribution in [0.15, 0.2) is 28.6 Å². The van der Waals surface area contributed by atoms with Gasteiger partial charge in [0.15, 0.2) is 4.34 Å². The van der Waals surface area contributed by atoms with Gasteiger partial charge in [0.1, 0.15) is 0 Å². The standard InChI is InChI=1S/C16H17ClN4O2S2/c1-2-14(23)21(12-7-8-12)15-19-20-16(25-15)24-9-13(22)18-11-5-3-10(17)4-6-11/h3-6,12H,2,7-9H2,1H3,(H,18,22). The molecule has 0 aliphatic heterocycles. The van der Waals surface area contributed by atoms with Crippen LogP contribution in [0.3, 0.4) is 0 Å². The van der Waals surface area contributed by atoms with Crippen LogP contribution in [0.25, 0.3) is 0 Å². The molecule has 1 aromatic heterocycles. The zero-order chi connectivity index (χ0) is 17.8. The van der Waals surface area contributed by atoms with Crippen molar-refractivity contribution in [2.75, 3.05) is 16.0 Å². The highest BCUT2D eigenvalue weighted by molar-refractivity contribution is 8.01. The highest BCUT2D eigenvalue weighted by atomic mass is 35.5. The fraction of sp³-hybridized carbons (Fsp3) is 0.375. The molecule has 1 aliphatic carbocycles. The average Bonchev–Trinajstić information content (AvgIpc) is 3.33. The van der Waals surface area contributed by atoms with Crippen molar-refractivity contribution in [2.45, 2.75) is 36.6 Å². The Bertz CT molecular complexity index is 762. The van der Waals surface area contributed by atoms with Gasteiger partial charge in [0.05, 0.1) is 5.75 Å². The van der Waals surface area contributed by atoms with E-state index in [0.717, 1.165) is 12.8 Å². The summed E-state index contributed by atoms with van der Waals surface area (Å²) < 4.78 is 0.677. The second kappa shape index (κ2) is 8.16. The molecule has 0 atom stereocenters. The number of thioether (sulfide) groups is 1. The molecule has 132 valence electrons. The number of benzene rings is 1. The van der Waals surface area contributed by atoms with Crippen LogP contribution in [0.4, 0.5) is 10.8 Å². The number of hydrogen-bond donors (Lipinski definition) is 1. The van der Waals surface area contributed by atoms with Gasteiger partial charge in [0, 0.05) is 23.2 Å². The van der Waals surface area contributed by atoms with Crippen LogP contribution >= 0.6 is 34.7 Å². The maximum absolute atomic E-state index is 12.1. The third-order valence-corrected chi connectivity index (χ3v) is 5.85. The monoisotopic (exact) mass is 396 g/mol. The van der Waals surface area contributed by atoms with Gasteiger partial charge < -0.3 is 5.32 Å². The minimum Gasteiger partial charge on any atom is -0.325 e. The fourth-order valence-corrected chi connectivity index (χ4v) is 4.04. The molecule has 1 N–H and O–H groups in total. The lowest BCUT2D eigenvalue weighted by atomic mass is 10.3. The summed E-state index contributed by atoms with van der Waals surface area (Å²) in [6.07, 6.45) is 2.47. The highest BCUT2D eigenvalue weighted by Crippen LogP contribution is 2.36. The lowest BCUT2D eigenvalue weighted by Crippen LogP contribution is -2.32. The van der Waals surface area contributed by atoms with Gasteiger partial charge in [-0.3, -0.25) is 14.5 Å². The van der Waals surface area contributed by atoms with Crippen molar-refractivity contribution in [2.24, 2.45) is 0 Å². The molecule has 0 bridgehead atoms. The molecule has 0 saturated heterocycles. The van der Waals surface area contributed by atoms with Gasteiger partial charge in [-0.25, -0.2) is 0 Å². The Kier molecular flexibility index (Phi) is 5.93. The largest absolute Gasteiger partial charge is 0.325 e. The third kappa shape index (κ3) is 4.93. The normalized spacial score (nSPS) is 13.5. The summed E-state index contributed by atoms with van der Waals surface area (Å²) in [7, 11) is 0. The topological polar surface area (TPSA) is 75.2 Å². The molecule has 2 amide bonds. The predicted octanol–water partition coefficient (Wildman–Crippen LogP) is 3.83. The maximum atomic E-state index is 12.1. The summed E-state index contributed by atoms with van der Waals surface area (Å²) >= 11 is 8.48. The van der Waals surface area contributed by atoms with Crippen LogP contribution in [0, 0.1) is 0 Å². The molecule has 0 spiro atoms. The van der Waals surface area contributed by atoms with Crippen molar-refractivity contribution in [1.82, 2.24) is 10.2 Å². The number of hydrogen-bond acceptors (Lipinski definition) is 6. The Morgan fingerprint density at radius 3 is 2.68 bits per heavy atom. The molecular formula is C16H17ClN4O2S2. The minimum absolute atomic E-state index is 0.0654. The van der Waals surface area contributed by atoms with Crippen molar-refractivity contribution < 1.29 is 9.59 Å². The Morgan fingerprint density at radius 2 is 2.04 bits per heavy atom. The van der Waals surface area contributed by atoms with Crippen LogP contribution < -0.4 is 10.2 Å². The van der Waals surface area contributed by atoms with Gasteiger partial charge >= 0.3 is 0 Å². The van der Waals surface area contributed by atoms with Crippen LogP contribution in [-0.2, 0) is 9.59 Å². The molecule has 0 unspecified atom stereocenters. The molecule has 1 fully saturated rings. The second-order valence-corrected chi connectivity index (χ2v) is 8.16. The molecule has 2 aromatic rings. The first kappa shape index (κ1) is 18.2. The number of carbonyl (C=O) groups is 2. The van der Waals surface area contributed by atoms with E-state index in [0.29, 0.717) is 26.6 Å². The van der Waals surface area contributed by atoms with Crippen LogP contribution in [-0.4, -0.2) is 33.8 Å². The van der Waals surface area contributed by atoms with Crippen molar-refractivity contribution in [3.05, 3.63) is 29.3 Å². The molecule has 0 radical (unpaired) electrons. The quantitative estimate of drug-likeness (QED) is 0.568. The van der Waals surface area contributed by atoms with Gasteiger partial charge in [0.2, 0.25) is 16.9 Å². The first-order chi connectivity index (χ1) is 12.1. The number of aromatic nitrogens is 2. The van der Waals surface area contributed by atoms with Crippen molar-refractivity contribution in [1.29, 1.82) is 0 Å². The summed E-state index contributed by atoms with van der Waals surface area (Å²) in [6.45, 7) is 1.84. The number of carbonyl (C=O) groups excluding carboxylic acids is 2. The van der Waals surface area contributed by atoms with Crippen LogP contribution in [0.5, 0.6) is 0 Å². The van der Waals surface area contributed by atoms with E-state index >= 15 is 0 Å². The summed E-state index contributed by atoms with van der Waals surface area (Å²) in [5.41, 5.74) is 0.696. The van der Waals surface area contributed by atoms with E-state index < -0.39 is 0 Å². The van der Waals surface area contributed by atoms with Gasteiger partial charge in [-0.2, -0.15) is 0 Å². The molecule has 1 heterocycles. The number of nitrogens with one attached hydrogen (secondary N) is 1. The smallest absolute Gasteiger partial charge is 0.234 e. The lowest BCUT2D eigenvalue weighted by molar-refractivity contribution is -0.118. The van der Waals surface area contributed by atoms with Gasteiger partial charge in [-0.1, -0.05) is 41.6 Å². The van der Waals surface area contributed by atoms with E-state index in [9.17, 15) is 9.59 Å². The first-order valence-electron chi connectivity index (χ1n) is 7.90. The van der Waals surface area contributed by atoms with Gasteiger partial charge in [-0.15, -0.1) is 10.2 Å². The van der Waals surface area contributed by atoms with E-state index in [2.05, 4.69) is 15.5 Å². The minimum atomic E-state index is -0.132. The van der Waals surface area contributed by atoms with Crippen molar-refractivity contribution >= 4 is 57.3 Å². The van der Waals surface area contributed by atoms with Crippen LogP contribution in [0.2, 0.25) is 5.02 Å². The number of halogens is 1. The summed E-state index contributed by atoms with van der Waals surface area (Å²) in [5.74, 6) is 0.158. The van der Waals surface area contributed by atoms with E-state index in [1.807, 2.05) is 6.92 Å². The number of nitrogens with zero attached hydrogens (tertiary/aromatic N) is 3. The Morgan fingerprint density at radius 1 is 1.32 bits per heavy atom. The van der Waals surface area contributed by atoms with E-state index in [4.69, 9.17) is 11.6 Å². The van der Waals surface area contributed by atoms with E-state index in [1.165, 1.54) is 23.1 Å². The molecule has 3 rings (SSSR count). The Labute approximate surface area is 159 Å². The van der Waals surface area contributed by atoms with Crippen LogP contribution in [0.1, 0.15) is 26.2 Å². The lowest BCUT2D eigenvalue weighted by Gasteiger charge is -2.17. The fourth-order valence-electron chi connectivity index (χ4n) is 2.19. The molecule has 9 heteroatoms. The molecule has 1 saturated carbocycles. The third-order valence-electron chi connectivity index (χ3n) is 3.54. The van der Waals surface area contributed by atoms with Crippen molar-refractivity contribution in [3.63, 3.8) is 0 Å². The SMILES string of the molecule is CCC(=O)N(c1nnc(SCC(=O)Nc2ccc(Cl)cc2)s1)C1CC1. The van der Waals surface area contributed by atoms with E-state index in [1.54, 1.807) is 29.2 Å². The zero-order valence-electron chi connectivity index (χ0n) is 13.6. The number of anilines is 2. The Balaban J connectivity index is 1.55. The first-order valence-corrected chi connectivity index (χ1v) is 10.1. The maximum Gasteiger partial charge on any atom is 0.234 e. The molecule has 25 heavy (non-hydrogen) atoms. The highest BCUT2D eigenvalue weighted by Gasteiger charge is 2.35. The molecular weight excluding hydrogens is 380 g/mol. The summed E-state index contributed by atoms with van der Waals surface area (Å²) in [6, 6.07) is 7.19. The molecule has 1 aliphatic rings. The molecule has 1 aromatic carbocycles. The number of rotatable bonds is 7. The van der Waals surface area contributed by atoms with Gasteiger partial charge in [-0.05, 0) is 37.1 Å². The molecule has 6 nitrogen and oxygen atoms in total. The summed E-state index contributed by atoms with van der Waals surface area (Å²) in [4.78, 5) is 25.8. The Hall–Kier alpha value is -1.64. The summed E-state index contributed by atoms with van der Waals surface area (Å²) in [5, 5.41) is 12.3. The van der Waals surface area contributed by atoms with E-state index in [-0.39, 0.29) is 23.6 Å². The van der Waals surface area contributed by atoms with Crippen molar-refractivity contribution in [3.8, 4) is 0 Å². The average molecular weight is 397 g/mol. The number of amides is 2.